The van der Waals surface area contributed by atoms with Crippen molar-refractivity contribution in [2.45, 2.75) is 32.2 Å². The molecule has 0 unspecified atom stereocenters. The summed E-state index contributed by atoms with van der Waals surface area (Å²) < 4.78 is 8.03. The van der Waals surface area contributed by atoms with Crippen molar-refractivity contribution in [1.82, 2.24) is 19.4 Å². The highest BCUT2D eigenvalue weighted by atomic mass is 16.5. The fourth-order valence-electron chi connectivity index (χ4n) is 5.36. The summed E-state index contributed by atoms with van der Waals surface area (Å²) in [5.41, 5.74) is 19.4. The summed E-state index contributed by atoms with van der Waals surface area (Å²) in [7, 11) is 7.74. The molecule has 2 aromatic heterocycles. The average Bonchev–Trinajstić information content (AvgIpc) is 3.31. The van der Waals surface area contributed by atoms with E-state index in [1.165, 1.54) is 11.1 Å². The van der Waals surface area contributed by atoms with E-state index in [0.717, 1.165) is 60.4 Å². The SMILES string of the molecule is COc1cc(N(C)CCN(C)C)c(N)cc1Nc1ncc(CCC(N)=O)c(-c2cn3c4c(cccc24)CCC3)n1. The van der Waals surface area contributed by atoms with Crippen LogP contribution in [0, 0.1) is 0 Å². The molecule has 5 rings (SSSR count). The van der Waals surface area contributed by atoms with Gasteiger partial charge in [0.05, 0.1) is 35.4 Å². The van der Waals surface area contributed by atoms with Crippen LogP contribution in [0.5, 0.6) is 5.75 Å². The van der Waals surface area contributed by atoms with E-state index in [2.05, 4.69) is 49.1 Å². The molecule has 2 aromatic carbocycles. The molecule has 5 N–H and O–H groups in total. The lowest BCUT2D eigenvalue weighted by molar-refractivity contribution is -0.117. The van der Waals surface area contributed by atoms with Gasteiger partial charge in [-0.1, -0.05) is 18.2 Å². The third-order valence-corrected chi connectivity index (χ3v) is 7.48. The van der Waals surface area contributed by atoms with Gasteiger partial charge in [0.2, 0.25) is 11.9 Å². The number of nitrogen functional groups attached to an aromatic ring is 1. The van der Waals surface area contributed by atoms with E-state index < -0.39 is 0 Å². The maximum absolute atomic E-state index is 11.6. The molecule has 3 heterocycles. The van der Waals surface area contributed by atoms with Gasteiger partial charge in [0.15, 0.2) is 0 Å². The van der Waals surface area contributed by atoms with Crippen LogP contribution in [0.25, 0.3) is 22.2 Å². The molecule has 10 heteroatoms. The number of amides is 1. The van der Waals surface area contributed by atoms with E-state index in [0.29, 0.717) is 29.5 Å². The van der Waals surface area contributed by atoms with Gasteiger partial charge in [-0.05, 0) is 50.6 Å². The second kappa shape index (κ2) is 11.4. The standard InChI is InChI=1S/C30H38N8O2/c1-36(2)13-14-37(3)25-16-26(40-4)24(15-23(25)31)34-30-33-17-20(10-11-27(32)39)28(35-30)22-18-38-12-6-8-19-7-5-9-21(22)29(19)38/h5,7,9,15-18H,6,8,10-14,31H2,1-4H3,(H2,32,39)(H,33,34,35). The molecule has 1 aliphatic heterocycles. The summed E-state index contributed by atoms with van der Waals surface area (Å²) in [6.07, 6.45) is 6.80. The zero-order chi connectivity index (χ0) is 28.4. The summed E-state index contributed by atoms with van der Waals surface area (Å²) >= 11 is 0. The molecule has 0 spiro atoms. The molecule has 0 saturated heterocycles. The Morgan fingerprint density at radius 3 is 2.77 bits per heavy atom. The minimum absolute atomic E-state index is 0.222. The number of methoxy groups -OCH3 is 1. The lowest BCUT2D eigenvalue weighted by Gasteiger charge is -2.24. The number of aryl methyl sites for hydroxylation is 3. The first-order valence-electron chi connectivity index (χ1n) is 13.6. The molecule has 0 aliphatic carbocycles. The highest BCUT2D eigenvalue weighted by Crippen LogP contribution is 2.38. The Kier molecular flexibility index (Phi) is 7.79. The number of likely N-dealkylation sites (N-methyl/N-ethyl adjacent to an activating group) is 2. The molecular weight excluding hydrogens is 504 g/mol. The van der Waals surface area contributed by atoms with Crippen molar-refractivity contribution in [2.24, 2.45) is 5.73 Å². The Morgan fingerprint density at radius 1 is 1.20 bits per heavy atom. The van der Waals surface area contributed by atoms with Gasteiger partial charge in [-0.25, -0.2) is 9.97 Å². The van der Waals surface area contributed by atoms with Gasteiger partial charge < -0.3 is 35.9 Å². The molecule has 10 nitrogen and oxygen atoms in total. The zero-order valence-electron chi connectivity index (χ0n) is 23.7. The minimum atomic E-state index is -0.355. The van der Waals surface area contributed by atoms with Gasteiger partial charge in [0.25, 0.3) is 0 Å². The van der Waals surface area contributed by atoms with Gasteiger partial charge >= 0.3 is 0 Å². The van der Waals surface area contributed by atoms with E-state index in [-0.39, 0.29) is 12.3 Å². The minimum Gasteiger partial charge on any atom is -0.494 e. The first kappa shape index (κ1) is 27.3. The number of nitrogens with two attached hydrogens (primary N) is 2. The molecule has 210 valence electrons. The predicted molar refractivity (Wildman–Crippen MR) is 161 cm³/mol. The highest BCUT2D eigenvalue weighted by Gasteiger charge is 2.21. The smallest absolute Gasteiger partial charge is 0.227 e. The monoisotopic (exact) mass is 542 g/mol. The molecule has 0 radical (unpaired) electrons. The molecule has 0 bridgehead atoms. The third-order valence-electron chi connectivity index (χ3n) is 7.48. The lowest BCUT2D eigenvalue weighted by Crippen LogP contribution is -2.29. The van der Waals surface area contributed by atoms with E-state index >= 15 is 0 Å². The van der Waals surface area contributed by atoms with Crippen LogP contribution >= 0.6 is 0 Å². The van der Waals surface area contributed by atoms with Crippen LogP contribution in [0.2, 0.25) is 0 Å². The molecule has 1 amide bonds. The van der Waals surface area contributed by atoms with Crippen molar-refractivity contribution in [1.29, 1.82) is 0 Å². The van der Waals surface area contributed by atoms with Crippen molar-refractivity contribution in [3.8, 4) is 17.0 Å². The van der Waals surface area contributed by atoms with Crippen LogP contribution in [0.4, 0.5) is 23.0 Å². The topological polar surface area (TPSA) is 128 Å². The summed E-state index contributed by atoms with van der Waals surface area (Å²) in [6, 6.07) is 10.2. The summed E-state index contributed by atoms with van der Waals surface area (Å²) in [5.74, 6) is 0.693. The Bertz CT molecular complexity index is 1540. The number of para-hydroxylation sites is 1. The van der Waals surface area contributed by atoms with E-state index in [9.17, 15) is 4.79 Å². The van der Waals surface area contributed by atoms with Crippen LogP contribution < -0.4 is 26.4 Å². The number of anilines is 4. The Hall–Kier alpha value is -4.31. The normalized spacial score (nSPS) is 12.6. The number of benzene rings is 2. The van der Waals surface area contributed by atoms with Crippen molar-refractivity contribution >= 4 is 39.8 Å². The average molecular weight is 543 g/mol. The number of ether oxygens (including phenoxy) is 1. The Morgan fingerprint density at radius 2 is 2.02 bits per heavy atom. The maximum atomic E-state index is 11.6. The van der Waals surface area contributed by atoms with Gasteiger partial charge in [0.1, 0.15) is 5.75 Å². The largest absolute Gasteiger partial charge is 0.494 e. The summed E-state index contributed by atoms with van der Waals surface area (Å²) in [4.78, 5) is 25.4. The number of carbonyl (C=O) groups is 1. The van der Waals surface area contributed by atoms with Crippen molar-refractivity contribution in [3.05, 3.63) is 53.9 Å². The van der Waals surface area contributed by atoms with Crippen LogP contribution in [-0.2, 0) is 24.2 Å². The number of aromatic nitrogens is 3. The summed E-state index contributed by atoms with van der Waals surface area (Å²) in [6.45, 7) is 2.68. The fourth-order valence-corrected chi connectivity index (χ4v) is 5.36. The second-order valence-corrected chi connectivity index (χ2v) is 10.6. The number of rotatable bonds is 11. The molecular formula is C30H38N8O2. The Labute approximate surface area is 234 Å². The lowest BCUT2D eigenvalue weighted by atomic mass is 9.99. The number of nitrogens with zero attached hydrogens (tertiary/aromatic N) is 5. The molecule has 1 aliphatic rings. The highest BCUT2D eigenvalue weighted by molar-refractivity contribution is 5.98. The van der Waals surface area contributed by atoms with E-state index in [1.54, 1.807) is 13.3 Å². The maximum Gasteiger partial charge on any atom is 0.227 e. The molecule has 0 saturated carbocycles. The van der Waals surface area contributed by atoms with Crippen molar-refractivity contribution < 1.29 is 9.53 Å². The van der Waals surface area contributed by atoms with Crippen molar-refractivity contribution in [3.63, 3.8) is 0 Å². The van der Waals surface area contributed by atoms with E-state index in [4.69, 9.17) is 21.2 Å². The van der Waals surface area contributed by atoms with Crippen LogP contribution in [0.3, 0.4) is 0 Å². The van der Waals surface area contributed by atoms with Crippen LogP contribution in [0.15, 0.2) is 42.7 Å². The Balaban J connectivity index is 1.53. The molecule has 0 fully saturated rings. The van der Waals surface area contributed by atoms with Gasteiger partial charge in [-0.2, -0.15) is 0 Å². The van der Waals surface area contributed by atoms with Gasteiger partial charge in [-0.3, -0.25) is 4.79 Å². The second-order valence-electron chi connectivity index (χ2n) is 10.6. The predicted octanol–water partition coefficient (Wildman–Crippen LogP) is 3.79. The number of hydrogen-bond acceptors (Lipinski definition) is 8. The molecule has 0 atom stereocenters. The fraction of sp³-hybridized carbons (Fsp3) is 0.367. The first-order chi connectivity index (χ1) is 19.2. The van der Waals surface area contributed by atoms with E-state index in [1.807, 2.05) is 33.3 Å². The molecule has 4 aromatic rings. The van der Waals surface area contributed by atoms with Crippen LogP contribution in [0.1, 0.15) is 24.0 Å². The first-order valence-corrected chi connectivity index (χ1v) is 13.6. The zero-order valence-corrected chi connectivity index (χ0v) is 23.7. The number of hydrogen-bond donors (Lipinski definition) is 3. The van der Waals surface area contributed by atoms with Crippen molar-refractivity contribution in [2.75, 3.05) is 57.3 Å². The number of carbonyl (C=O) groups excluding carboxylic acids is 1. The number of nitrogens with one attached hydrogen (secondary N) is 1. The number of primary amides is 1. The summed E-state index contributed by atoms with van der Waals surface area (Å²) in [5, 5.41) is 4.47. The molecule has 40 heavy (non-hydrogen) atoms. The van der Waals surface area contributed by atoms with Gasteiger partial charge in [-0.15, -0.1) is 0 Å². The van der Waals surface area contributed by atoms with Gasteiger partial charge in [0, 0.05) is 62.5 Å². The third kappa shape index (κ3) is 5.53. The quantitative estimate of drug-likeness (QED) is 0.244. The van der Waals surface area contributed by atoms with Crippen LogP contribution in [-0.4, -0.2) is 66.7 Å².